The zero-order valence-corrected chi connectivity index (χ0v) is 12.5. The zero-order valence-electron chi connectivity index (χ0n) is 9.38. The van der Waals surface area contributed by atoms with Gasteiger partial charge in [-0.1, -0.05) is 30.3 Å². The molecule has 0 aliphatic rings. The van der Waals surface area contributed by atoms with Crippen LogP contribution in [0.4, 0.5) is 0 Å². The summed E-state index contributed by atoms with van der Waals surface area (Å²) < 4.78 is 0. The van der Waals surface area contributed by atoms with E-state index in [0.717, 1.165) is 5.56 Å². The van der Waals surface area contributed by atoms with Crippen molar-refractivity contribution in [1.29, 1.82) is 0 Å². The van der Waals surface area contributed by atoms with Gasteiger partial charge in [0.2, 0.25) is 0 Å². The van der Waals surface area contributed by atoms with Gasteiger partial charge >= 0.3 is 51.4 Å². The average molecular weight is 252 g/mol. The van der Waals surface area contributed by atoms with Crippen molar-refractivity contribution in [2.75, 3.05) is 0 Å². The van der Waals surface area contributed by atoms with E-state index in [1.165, 1.54) is 18.2 Å². The molecule has 2 aromatic rings. The van der Waals surface area contributed by atoms with E-state index >= 15 is 0 Å². The molecule has 0 unspecified atom stereocenters. The molecule has 3 nitrogen and oxygen atoms in total. The maximum atomic E-state index is 10.7. The maximum absolute atomic E-state index is 10.7. The minimum absolute atomic E-state index is 0. The third-order valence-corrected chi connectivity index (χ3v) is 2.32. The van der Waals surface area contributed by atoms with E-state index < -0.39 is 5.97 Å². The minimum atomic E-state index is -1.25. The monoisotopic (exact) mass is 252 g/mol. The van der Waals surface area contributed by atoms with Crippen molar-refractivity contribution < 1.29 is 66.4 Å². The summed E-state index contributed by atoms with van der Waals surface area (Å²) >= 11 is 0. The molecule has 0 bridgehead atoms. The van der Waals surface area contributed by atoms with E-state index in [-0.39, 0.29) is 62.7 Å². The second-order valence-electron chi connectivity index (χ2n) is 3.39. The van der Waals surface area contributed by atoms with Crippen molar-refractivity contribution in [1.82, 2.24) is 0 Å². The Morgan fingerprint density at radius 1 is 1.06 bits per heavy atom. The molecule has 1 N–H and O–H groups in total. The van der Waals surface area contributed by atoms with Crippen LogP contribution in [0.15, 0.2) is 48.5 Å². The smallest absolute Gasteiger partial charge is 0.545 e. The van der Waals surface area contributed by atoms with Crippen LogP contribution in [0, 0.1) is 0 Å². The van der Waals surface area contributed by atoms with E-state index in [1.807, 2.05) is 18.2 Å². The van der Waals surface area contributed by atoms with Gasteiger partial charge < -0.3 is 15.0 Å². The van der Waals surface area contributed by atoms with Crippen LogP contribution in [0.1, 0.15) is 10.4 Å². The van der Waals surface area contributed by atoms with Crippen LogP contribution in [0.3, 0.4) is 0 Å². The Morgan fingerprint density at radius 3 is 2.29 bits per heavy atom. The Kier molecular flexibility index (Phi) is 5.36. The van der Waals surface area contributed by atoms with Gasteiger partial charge in [0.05, 0.1) is 5.97 Å². The molecule has 0 saturated heterocycles. The average Bonchev–Trinajstić information content (AvgIpc) is 2.30. The normalized spacial score (nSPS) is 9.41. The summed E-state index contributed by atoms with van der Waals surface area (Å²) in [6.07, 6.45) is 0. The molecular weight excluding hydrogens is 243 g/mol. The van der Waals surface area contributed by atoms with Crippen molar-refractivity contribution in [3.8, 4) is 16.9 Å². The van der Waals surface area contributed by atoms with E-state index in [0.29, 0.717) is 5.56 Å². The number of phenols is 1. The molecular formula is C13H9KO3. The van der Waals surface area contributed by atoms with E-state index in [2.05, 4.69) is 0 Å². The topological polar surface area (TPSA) is 60.4 Å². The van der Waals surface area contributed by atoms with Gasteiger partial charge in [0.15, 0.2) is 0 Å². The molecule has 17 heavy (non-hydrogen) atoms. The van der Waals surface area contributed by atoms with Crippen LogP contribution in [0.5, 0.6) is 5.75 Å². The van der Waals surface area contributed by atoms with Crippen molar-refractivity contribution >= 4 is 5.97 Å². The fourth-order valence-electron chi connectivity index (χ4n) is 1.51. The van der Waals surface area contributed by atoms with Gasteiger partial charge in [-0.25, -0.2) is 0 Å². The summed E-state index contributed by atoms with van der Waals surface area (Å²) in [5, 5.41) is 20.4. The van der Waals surface area contributed by atoms with Crippen LogP contribution in [-0.2, 0) is 0 Å². The molecule has 0 heterocycles. The molecule has 0 atom stereocenters. The maximum Gasteiger partial charge on any atom is 1.00 e. The zero-order chi connectivity index (χ0) is 11.5. The first-order valence-corrected chi connectivity index (χ1v) is 4.78. The standard InChI is InChI=1S/C13H10O3.K/c14-12-7-6-10(13(15)16)8-11(12)9-4-2-1-3-5-9;/h1-8,14H,(H,15,16);/q;+1/p-1. The Hall–Kier alpha value is -0.654. The first-order valence-electron chi connectivity index (χ1n) is 4.78. The SMILES string of the molecule is O=C([O-])c1ccc(O)c(-c2ccccc2)c1.[K+]. The van der Waals surface area contributed by atoms with Gasteiger partial charge in [-0.05, 0) is 29.3 Å². The second kappa shape index (κ2) is 6.33. The third-order valence-electron chi connectivity index (χ3n) is 2.32. The number of carbonyl (C=O) groups excluding carboxylic acids is 1. The Morgan fingerprint density at radius 2 is 1.71 bits per heavy atom. The van der Waals surface area contributed by atoms with Gasteiger partial charge in [-0.15, -0.1) is 0 Å². The number of hydrogen-bond acceptors (Lipinski definition) is 3. The predicted molar refractivity (Wildman–Crippen MR) is 57.9 cm³/mol. The number of carboxylic acids is 1. The van der Waals surface area contributed by atoms with E-state index in [1.54, 1.807) is 12.1 Å². The van der Waals surface area contributed by atoms with Gasteiger partial charge in [-0.2, -0.15) is 0 Å². The summed E-state index contributed by atoms with van der Waals surface area (Å²) in [6, 6.07) is 13.2. The number of aromatic hydroxyl groups is 1. The van der Waals surface area contributed by atoms with Crippen LogP contribution in [0.25, 0.3) is 11.1 Å². The molecule has 0 saturated carbocycles. The number of hydrogen-bond donors (Lipinski definition) is 1. The van der Waals surface area contributed by atoms with Crippen molar-refractivity contribution in [2.24, 2.45) is 0 Å². The summed E-state index contributed by atoms with van der Waals surface area (Å²) in [4.78, 5) is 10.7. The van der Waals surface area contributed by atoms with Crippen LogP contribution < -0.4 is 56.5 Å². The minimum Gasteiger partial charge on any atom is -0.545 e. The Bertz CT molecular complexity index is 523. The van der Waals surface area contributed by atoms with E-state index in [9.17, 15) is 15.0 Å². The van der Waals surface area contributed by atoms with Crippen LogP contribution in [0.2, 0.25) is 0 Å². The van der Waals surface area contributed by atoms with Gasteiger partial charge in [0.1, 0.15) is 5.75 Å². The first kappa shape index (κ1) is 14.4. The summed E-state index contributed by atoms with van der Waals surface area (Å²) in [6.45, 7) is 0. The molecule has 0 spiro atoms. The molecule has 0 radical (unpaired) electrons. The second-order valence-corrected chi connectivity index (χ2v) is 3.39. The summed E-state index contributed by atoms with van der Waals surface area (Å²) in [5.41, 5.74) is 1.31. The van der Waals surface area contributed by atoms with Crippen molar-refractivity contribution in [2.45, 2.75) is 0 Å². The van der Waals surface area contributed by atoms with Crippen molar-refractivity contribution in [3.63, 3.8) is 0 Å². The third kappa shape index (κ3) is 3.40. The molecule has 0 amide bonds. The van der Waals surface area contributed by atoms with Gasteiger partial charge in [-0.3, -0.25) is 0 Å². The van der Waals surface area contributed by atoms with Gasteiger partial charge in [0, 0.05) is 5.56 Å². The van der Waals surface area contributed by atoms with E-state index in [4.69, 9.17) is 0 Å². The molecule has 0 aliphatic carbocycles. The number of aromatic carboxylic acids is 1. The fourth-order valence-corrected chi connectivity index (χ4v) is 1.51. The predicted octanol–water partition coefficient (Wildman–Crippen LogP) is -1.57. The number of carbonyl (C=O) groups is 1. The fraction of sp³-hybridized carbons (Fsp3) is 0. The Balaban J connectivity index is 0.00000144. The molecule has 4 heteroatoms. The molecule has 0 aromatic heterocycles. The van der Waals surface area contributed by atoms with Crippen molar-refractivity contribution in [3.05, 3.63) is 54.1 Å². The number of benzene rings is 2. The summed E-state index contributed by atoms with van der Waals surface area (Å²) in [7, 11) is 0. The number of carboxylic acid groups (broad SMARTS) is 1. The largest absolute Gasteiger partial charge is 1.00 e. The van der Waals surface area contributed by atoms with Crippen LogP contribution >= 0.6 is 0 Å². The summed E-state index contributed by atoms with van der Waals surface area (Å²) in [5.74, 6) is -1.20. The number of phenolic OH excluding ortho intramolecular Hbond substituents is 1. The van der Waals surface area contributed by atoms with Crippen LogP contribution in [-0.4, -0.2) is 11.1 Å². The first-order chi connectivity index (χ1) is 7.68. The van der Waals surface area contributed by atoms with Gasteiger partial charge in [0.25, 0.3) is 0 Å². The molecule has 0 aliphatic heterocycles. The molecule has 2 aromatic carbocycles. The number of rotatable bonds is 2. The quantitative estimate of drug-likeness (QED) is 0.657. The molecule has 2 rings (SSSR count). The molecule has 0 fully saturated rings. The molecule has 80 valence electrons. The Labute approximate surface area is 142 Å².